The van der Waals surface area contributed by atoms with Crippen LogP contribution in [0, 0.1) is 13.8 Å². The maximum Gasteiger partial charge on any atom is 0.188 e. The summed E-state index contributed by atoms with van der Waals surface area (Å²) in [6.07, 6.45) is 0. The standard InChI is InChI=1S/C39H42O2/c1-21-19-22(2)23-15-16-25-30-29(37(7)38(8,32(25)26(23)20-21)39(37,40-9)41-10)18-17-28-31(30)34-33(36(28,5)6)24-13-11-12-14-27(24)35(34,3)4/h11-20,33-34H,1-10H3. The van der Waals surface area contributed by atoms with E-state index in [-0.39, 0.29) is 21.7 Å². The molecule has 0 amide bonds. The molecule has 4 aliphatic rings. The molecule has 8 rings (SSSR count). The van der Waals surface area contributed by atoms with Crippen molar-refractivity contribution in [2.24, 2.45) is 0 Å². The zero-order valence-corrected chi connectivity index (χ0v) is 26.2. The predicted octanol–water partition coefficient (Wildman–Crippen LogP) is 9.11. The van der Waals surface area contributed by atoms with Gasteiger partial charge in [-0.1, -0.05) is 93.9 Å². The fraction of sp³-hybridized carbons (Fsp3) is 0.436. The van der Waals surface area contributed by atoms with E-state index in [1.54, 1.807) is 5.56 Å². The van der Waals surface area contributed by atoms with Crippen molar-refractivity contribution in [2.75, 3.05) is 14.2 Å². The molecule has 0 radical (unpaired) electrons. The molecule has 4 unspecified atom stereocenters. The number of rotatable bonds is 2. The van der Waals surface area contributed by atoms with E-state index in [0.717, 1.165) is 0 Å². The van der Waals surface area contributed by atoms with Crippen LogP contribution in [0.2, 0.25) is 0 Å². The monoisotopic (exact) mass is 542 g/mol. The van der Waals surface area contributed by atoms with Crippen LogP contribution in [-0.2, 0) is 31.1 Å². The zero-order chi connectivity index (χ0) is 29.1. The third-order valence-electron chi connectivity index (χ3n) is 12.8. The molecule has 4 aromatic rings. The summed E-state index contributed by atoms with van der Waals surface area (Å²) in [4.78, 5) is 0. The Morgan fingerprint density at radius 3 is 2.00 bits per heavy atom. The highest BCUT2D eigenvalue weighted by Crippen LogP contribution is 2.80. The van der Waals surface area contributed by atoms with Crippen LogP contribution in [0.25, 0.3) is 21.9 Å². The van der Waals surface area contributed by atoms with E-state index in [0.29, 0.717) is 11.8 Å². The van der Waals surface area contributed by atoms with Gasteiger partial charge in [0.25, 0.3) is 0 Å². The Morgan fingerprint density at radius 1 is 0.634 bits per heavy atom. The first kappa shape index (κ1) is 25.7. The maximum absolute atomic E-state index is 6.49. The molecule has 0 aromatic heterocycles. The Kier molecular flexibility index (Phi) is 4.61. The van der Waals surface area contributed by atoms with E-state index >= 15 is 0 Å². The number of benzene rings is 4. The lowest BCUT2D eigenvalue weighted by molar-refractivity contribution is -0.154. The highest BCUT2D eigenvalue weighted by molar-refractivity contribution is 6.01. The second-order valence-corrected chi connectivity index (χ2v) is 14.9. The molecule has 0 N–H and O–H groups in total. The van der Waals surface area contributed by atoms with E-state index in [1.165, 1.54) is 60.8 Å². The molecule has 4 atom stereocenters. The number of aryl methyl sites for hydroxylation is 2. The lowest BCUT2D eigenvalue weighted by Gasteiger charge is -2.36. The van der Waals surface area contributed by atoms with Crippen LogP contribution < -0.4 is 0 Å². The molecule has 1 fully saturated rings. The Hall–Kier alpha value is -2.94. The second-order valence-electron chi connectivity index (χ2n) is 14.9. The summed E-state index contributed by atoms with van der Waals surface area (Å²) in [5.74, 6) is 0.0920. The molecule has 0 heterocycles. The molecule has 2 nitrogen and oxygen atoms in total. The highest BCUT2D eigenvalue weighted by atomic mass is 16.7. The molecule has 0 bridgehead atoms. The van der Waals surface area contributed by atoms with Gasteiger partial charge in [0.2, 0.25) is 0 Å². The minimum absolute atomic E-state index is 0.0217. The molecule has 0 spiro atoms. The third-order valence-corrected chi connectivity index (χ3v) is 12.8. The molecular weight excluding hydrogens is 500 g/mol. The van der Waals surface area contributed by atoms with Gasteiger partial charge in [-0.15, -0.1) is 0 Å². The van der Waals surface area contributed by atoms with Crippen molar-refractivity contribution in [1.82, 2.24) is 0 Å². The van der Waals surface area contributed by atoms with Gasteiger partial charge in [-0.3, -0.25) is 0 Å². The van der Waals surface area contributed by atoms with E-state index in [1.807, 2.05) is 14.2 Å². The molecule has 210 valence electrons. The highest BCUT2D eigenvalue weighted by Gasteiger charge is 2.88. The van der Waals surface area contributed by atoms with Crippen LogP contribution in [0.1, 0.15) is 97.9 Å². The van der Waals surface area contributed by atoms with Gasteiger partial charge in [-0.05, 0) is 99.4 Å². The molecule has 0 aliphatic heterocycles. The third kappa shape index (κ3) is 2.42. The number of hydrogen-bond donors (Lipinski definition) is 0. The zero-order valence-electron chi connectivity index (χ0n) is 26.2. The molecule has 4 aromatic carbocycles. The fourth-order valence-corrected chi connectivity index (χ4v) is 11.0. The summed E-state index contributed by atoms with van der Waals surface area (Å²) in [6, 6.07) is 23.6. The van der Waals surface area contributed by atoms with Crippen molar-refractivity contribution in [1.29, 1.82) is 0 Å². The minimum atomic E-state index is -0.748. The van der Waals surface area contributed by atoms with Gasteiger partial charge < -0.3 is 9.47 Å². The first-order valence-electron chi connectivity index (χ1n) is 15.3. The van der Waals surface area contributed by atoms with E-state index in [4.69, 9.17) is 9.47 Å². The number of ether oxygens (including phenoxy) is 2. The minimum Gasteiger partial charge on any atom is -0.351 e. The van der Waals surface area contributed by atoms with Crippen molar-refractivity contribution in [3.05, 3.63) is 105 Å². The summed E-state index contributed by atoms with van der Waals surface area (Å²) >= 11 is 0. The lowest BCUT2D eigenvalue weighted by Crippen LogP contribution is -2.27. The molecule has 41 heavy (non-hydrogen) atoms. The number of fused-ring (bicyclic) bond motifs is 14. The van der Waals surface area contributed by atoms with Crippen LogP contribution in [0.4, 0.5) is 0 Å². The number of hydrogen-bond acceptors (Lipinski definition) is 2. The van der Waals surface area contributed by atoms with Crippen LogP contribution in [0.5, 0.6) is 0 Å². The fourth-order valence-electron chi connectivity index (χ4n) is 11.0. The summed E-state index contributed by atoms with van der Waals surface area (Å²) in [7, 11) is 3.67. The Morgan fingerprint density at radius 2 is 1.29 bits per heavy atom. The van der Waals surface area contributed by atoms with Crippen LogP contribution >= 0.6 is 0 Å². The van der Waals surface area contributed by atoms with Crippen molar-refractivity contribution >= 4 is 10.8 Å². The topological polar surface area (TPSA) is 18.5 Å². The SMILES string of the molecule is COC1(OC)C2(C)c3ccc4c(c3-c3ccc5c(C)cc(C)cc5c3C12C)C1C(c2ccccc2C1(C)C)C4(C)C. The van der Waals surface area contributed by atoms with Crippen molar-refractivity contribution < 1.29 is 9.47 Å². The van der Waals surface area contributed by atoms with E-state index < -0.39 is 5.79 Å². The summed E-state index contributed by atoms with van der Waals surface area (Å²) in [5.41, 5.74) is 13.7. The average molecular weight is 543 g/mol. The lowest BCUT2D eigenvalue weighted by atomic mass is 9.66. The van der Waals surface area contributed by atoms with Crippen LogP contribution in [0.15, 0.2) is 60.7 Å². The first-order chi connectivity index (χ1) is 19.3. The molecular formula is C39H42O2. The Labute approximate surface area is 245 Å². The Bertz CT molecular complexity index is 1840. The van der Waals surface area contributed by atoms with Gasteiger partial charge >= 0.3 is 0 Å². The number of methoxy groups -OCH3 is 2. The smallest absolute Gasteiger partial charge is 0.188 e. The van der Waals surface area contributed by atoms with Crippen LogP contribution in [0.3, 0.4) is 0 Å². The van der Waals surface area contributed by atoms with Crippen molar-refractivity contribution in [2.45, 2.75) is 94.7 Å². The molecule has 0 saturated heterocycles. The van der Waals surface area contributed by atoms with Gasteiger partial charge in [0.05, 0.1) is 10.8 Å². The van der Waals surface area contributed by atoms with Crippen molar-refractivity contribution in [3.63, 3.8) is 0 Å². The van der Waals surface area contributed by atoms with Crippen LogP contribution in [-0.4, -0.2) is 20.0 Å². The van der Waals surface area contributed by atoms with Gasteiger partial charge in [-0.25, -0.2) is 0 Å². The van der Waals surface area contributed by atoms with Gasteiger partial charge in [0, 0.05) is 26.1 Å². The maximum atomic E-state index is 6.49. The summed E-state index contributed by atoms with van der Waals surface area (Å²) in [6.45, 7) is 19.2. The van der Waals surface area contributed by atoms with Gasteiger partial charge in [0.15, 0.2) is 5.79 Å². The van der Waals surface area contributed by atoms with E-state index in [9.17, 15) is 0 Å². The quantitative estimate of drug-likeness (QED) is 0.235. The first-order valence-corrected chi connectivity index (χ1v) is 15.3. The Balaban J connectivity index is 1.55. The largest absolute Gasteiger partial charge is 0.351 e. The van der Waals surface area contributed by atoms with E-state index in [2.05, 4.69) is 116 Å². The normalized spacial score (nSPS) is 30.2. The second kappa shape index (κ2) is 7.33. The summed E-state index contributed by atoms with van der Waals surface area (Å²) in [5, 5.41) is 2.67. The van der Waals surface area contributed by atoms with Crippen molar-refractivity contribution in [3.8, 4) is 11.1 Å². The molecule has 1 saturated carbocycles. The van der Waals surface area contributed by atoms with Gasteiger partial charge in [0.1, 0.15) is 0 Å². The molecule has 2 heteroatoms. The van der Waals surface area contributed by atoms with Gasteiger partial charge in [-0.2, -0.15) is 0 Å². The average Bonchev–Trinajstić information content (AvgIpc) is 3.10. The predicted molar refractivity (Wildman–Crippen MR) is 168 cm³/mol. The summed E-state index contributed by atoms with van der Waals surface area (Å²) < 4.78 is 13.0. The molecule has 4 aliphatic carbocycles.